The highest BCUT2D eigenvalue weighted by Gasteiger charge is 2.26. The van der Waals surface area contributed by atoms with Crippen molar-refractivity contribution in [2.45, 2.75) is 32.0 Å². The van der Waals surface area contributed by atoms with Crippen LogP contribution in [-0.4, -0.2) is 25.1 Å². The normalized spacial score (nSPS) is 15.7. The summed E-state index contributed by atoms with van der Waals surface area (Å²) in [5.41, 5.74) is 7.46. The number of nitrogens with two attached hydrogens (primary N) is 1. The molecular weight excluding hydrogens is 280 g/mol. The van der Waals surface area contributed by atoms with Gasteiger partial charge >= 0.3 is 0 Å². The predicted molar refractivity (Wildman–Crippen MR) is 89.9 cm³/mol. The van der Waals surface area contributed by atoms with Crippen molar-refractivity contribution in [3.63, 3.8) is 0 Å². The quantitative estimate of drug-likeness (QED) is 0.881. The fourth-order valence-corrected chi connectivity index (χ4v) is 3.54. The van der Waals surface area contributed by atoms with E-state index in [0.717, 1.165) is 5.75 Å². The summed E-state index contributed by atoms with van der Waals surface area (Å²) in [4.78, 5) is 3.69. The number of benzene rings is 1. The van der Waals surface area contributed by atoms with Crippen LogP contribution in [0.2, 0.25) is 0 Å². The number of nitrogens with zero attached hydrogens (tertiary/aromatic N) is 1. The Kier molecular flexibility index (Phi) is 5.39. The molecule has 1 heterocycles. The summed E-state index contributed by atoms with van der Waals surface area (Å²) in [6, 6.07) is 13.0. The standard InChI is InChI=1S/C17H24N2OS/c1-12(18)17(14-7-5-8-15(11-14)20-4)19(3)13(2)16-9-6-10-21-16/h5-13,17H,18H2,1-4H3. The molecule has 0 amide bonds. The second-order valence-electron chi connectivity index (χ2n) is 5.44. The van der Waals surface area contributed by atoms with Gasteiger partial charge in [0.05, 0.1) is 13.2 Å². The SMILES string of the molecule is COc1cccc(C(C(C)N)N(C)C(C)c2cccs2)c1. The topological polar surface area (TPSA) is 38.5 Å². The minimum Gasteiger partial charge on any atom is -0.497 e. The molecule has 0 saturated heterocycles. The van der Waals surface area contributed by atoms with Gasteiger partial charge in [-0.15, -0.1) is 11.3 Å². The minimum absolute atomic E-state index is 0.0320. The molecule has 2 rings (SSSR count). The second-order valence-corrected chi connectivity index (χ2v) is 6.42. The lowest BCUT2D eigenvalue weighted by atomic mass is 9.97. The summed E-state index contributed by atoms with van der Waals surface area (Å²) in [5, 5.41) is 2.12. The Morgan fingerprint density at radius 1 is 1.19 bits per heavy atom. The first kappa shape index (κ1) is 16.0. The first-order valence-electron chi connectivity index (χ1n) is 7.19. The summed E-state index contributed by atoms with van der Waals surface area (Å²) >= 11 is 1.78. The molecule has 4 heteroatoms. The van der Waals surface area contributed by atoms with Crippen LogP contribution in [-0.2, 0) is 0 Å². The Morgan fingerprint density at radius 3 is 2.52 bits per heavy atom. The molecule has 0 saturated carbocycles. The van der Waals surface area contributed by atoms with E-state index >= 15 is 0 Å². The molecule has 3 atom stereocenters. The molecule has 21 heavy (non-hydrogen) atoms. The molecule has 0 aliphatic heterocycles. The average Bonchev–Trinajstić information content (AvgIpc) is 3.00. The number of methoxy groups -OCH3 is 1. The number of rotatable bonds is 6. The van der Waals surface area contributed by atoms with Crippen LogP contribution in [0.4, 0.5) is 0 Å². The van der Waals surface area contributed by atoms with E-state index in [9.17, 15) is 0 Å². The highest BCUT2D eigenvalue weighted by Crippen LogP contribution is 2.33. The van der Waals surface area contributed by atoms with E-state index in [4.69, 9.17) is 10.5 Å². The van der Waals surface area contributed by atoms with Crippen LogP contribution in [0.3, 0.4) is 0 Å². The zero-order chi connectivity index (χ0) is 15.4. The van der Waals surface area contributed by atoms with E-state index in [1.807, 2.05) is 12.1 Å². The van der Waals surface area contributed by atoms with Crippen molar-refractivity contribution in [3.05, 3.63) is 52.2 Å². The number of ether oxygens (including phenoxy) is 1. The van der Waals surface area contributed by atoms with Gasteiger partial charge in [0.25, 0.3) is 0 Å². The Morgan fingerprint density at radius 2 is 1.95 bits per heavy atom. The fourth-order valence-electron chi connectivity index (χ4n) is 2.71. The molecule has 2 N–H and O–H groups in total. The summed E-state index contributed by atoms with van der Waals surface area (Å²) in [6.45, 7) is 4.28. The van der Waals surface area contributed by atoms with E-state index in [-0.39, 0.29) is 12.1 Å². The van der Waals surface area contributed by atoms with Crippen molar-refractivity contribution < 1.29 is 4.74 Å². The van der Waals surface area contributed by atoms with Crippen molar-refractivity contribution >= 4 is 11.3 Å². The van der Waals surface area contributed by atoms with E-state index in [2.05, 4.69) is 55.4 Å². The molecule has 3 unspecified atom stereocenters. The van der Waals surface area contributed by atoms with Gasteiger partial charge in [-0.05, 0) is 50.0 Å². The molecule has 1 aromatic carbocycles. The zero-order valence-corrected chi connectivity index (χ0v) is 13.9. The van der Waals surface area contributed by atoms with Crippen LogP contribution in [0.5, 0.6) is 5.75 Å². The molecule has 114 valence electrons. The third kappa shape index (κ3) is 3.64. The number of likely N-dealkylation sites (N-methyl/N-ethyl adjacent to an activating group) is 1. The second kappa shape index (κ2) is 7.07. The highest BCUT2D eigenvalue weighted by molar-refractivity contribution is 7.10. The molecule has 0 fully saturated rings. The van der Waals surface area contributed by atoms with Gasteiger partial charge in [0.15, 0.2) is 0 Å². The summed E-state index contributed by atoms with van der Waals surface area (Å²) in [6.07, 6.45) is 0. The molecule has 0 aliphatic rings. The van der Waals surface area contributed by atoms with Gasteiger partial charge < -0.3 is 10.5 Å². The van der Waals surface area contributed by atoms with Crippen LogP contribution in [0.15, 0.2) is 41.8 Å². The van der Waals surface area contributed by atoms with Crippen LogP contribution in [0.1, 0.15) is 36.4 Å². The summed E-state index contributed by atoms with van der Waals surface area (Å²) in [5.74, 6) is 0.871. The van der Waals surface area contributed by atoms with Crippen molar-refractivity contribution in [2.24, 2.45) is 5.73 Å². The maximum Gasteiger partial charge on any atom is 0.119 e. The minimum atomic E-state index is 0.0320. The van der Waals surface area contributed by atoms with E-state index in [1.165, 1.54) is 10.4 Å². The maximum atomic E-state index is 6.27. The van der Waals surface area contributed by atoms with Crippen molar-refractivity contribution in [2.75, 3.05) is 14.2 Å². The molecule has 3 nitrogen and oxygen atoms in total. The van der Waals surface area contributed by atoms with Crippen LogP contribution >= 0.6 is 11.3 Å². The number of hydrogen-bond acceptors (Lipinski definition) is 4. The van der Waals surface area contributed by atoms with Crippen LogP contribution in [0, 0.1) is 0 Å². The highest BCUT2D eigenvalue weighted by atomic mass is 32.1. The van der Waals surface area contributed by atoms with Gasteiger partial charge in [0, 0.05) is 17.0 Å². The Labute approximate surface area is 131 Å². The largest absolute Gasteiger partial charge is 0.497 e. The van der Waals surface area contributed by atoms with Gasteiger partial charge in [-0.2, -0.15) is 0 Å². The van der Waals surface area contributed by atoms with Crippen molar-refractivity contribution in [1.82, 2.24) is 4.90 Å². The average molecular weight is 304 g/mol. The first-order chi connectivity index (χ1) is 10.0. The van der Waals surface area contributed by atoms with Crippen molar-refractivity contribution in [1.29, 1.82) is 0 Å². The monoisotopic (exact) mass is 304 g/mol. The molecule has 2 aromatic rings. The van der Waals surface area contributed by atoms with Gasteiger partial charge in [-0.25, -0.2) is 0 Å². The molecule has 1 aromatic heterocycles. The first-order valence-corrected chi connectivity index (χ1v) is 8.07. The van der Waals surface area contributed by atoms with Gasteiger partial charge in [0.2, 0.25) is 0 Å². The summed E-state index contributed by atoms with van der Waals surface area (Å²) < 4.78 is 5.34. The van der Waals surface area contributed by atoms with Crippen LogP contribution < -0.4 is 10.5 Å². The lowest BCUT2D eigenvalue weighted by Gasteiger charge is -2.35. The van der Waals surface area contributed by atoms with Gasteiger partial charge in [-0.1, -0.05) is 18.2 Å². The molecule has 0 aliphatic carbocycles. The third-order valence-corrected chi connectivity index (χ3v) is 4.98. The number of thiophene rings is 1. The lowest BCUT2D eigenvalue weighted by Crippen LogP contribution is -2.38. The summed E-state index contributed by atoms with van der Waals surface area (Å²) in [7, 11) is 3.83. The molecular formula is C17H24N2OS. The lowest BCUT2D eigenvalue weighted by molar-refractivity contribution is 0.167. The maximum absolute atomic E-state index is 6.27. The Balaban J connectivity index is 2.29. The van der Waals surface area contributed by atoms with E-state index in [0.29, 0.717) is 6.04 Å². The molecule has 0 spiro atoms. The van der Waals surface area contributed by atoms with Gasteiger partial charge in [0.1, 0.15) is 5.75 Å². The fraction of sp³-hybridized carbons (Fsp3) is 0.412. The zero-order valence-electron chi connectivity index (χ0n) is 13.1. The molecule has 0 bridgehead atoms. The molecule has 0 radical (unpaired) electrons. The Bertz CT molecular complexity index is 554. The van der Waals surface area contributed by atoms with E-state index < -0.39 is 0 Å². The number of hydrogen-bond donors (Lipinski definition) is 1. The smallest absolute Gasteiger partial charge is 0.119 e. The van der Waals surface area contributed by atoms with Gasteiger partial charge in [-0.3, -0.25) is 4.90 Å². The predicted octanol–water partition coefficient (Wildman–Crippen LogP) is 3.84. The Hall–Kier alpha value is -1.36. The third-order valence-electron chi connectivity index (χ3n) is 3.94. The van der Waals surface area contributed by atoms with E-state index in [1.54, 1.807) is 18.4 Å². The van der Waals surface area contributed by atoms with Crippen LogP contribution in [0.25, 0.3) is 0 Å². The van der Waals surface area contributed by atoms with Crippen molar-refractivity contribution in [3.8, 4) is 5.75 Å².